The second-order valence-electron chi connectivity index (χ2n) is 4.21. The zero-order valence-electron chi connectivity index (χ0n) is 12.1. The molecule has 1 aromatic carbocycles. The van der Waals surface area contributed by atoms with Crippen LogP contribution in [0.1, 0.15) is 12.5 Å². The third kappa shape index (κ3) is 5.27. The highest BCUT2D eigenvalue weighted by Crippen LogP contribution is 2.18. The van der Waals surface area contributed by atoms with Crippen LogP contribution in [0.2, 0.25) is 0 Å². The van der Waals surface area contributed by atoms with Gasteiger partial charge in [0.05, 0.1) is 0 Å². The molecule has 1 atom stereocenters. The fraction of sp³-hybridized carbons (Fsp3) is 0.294. The van der Waals surface area contributed by atoms with Crippen molar-refractivity contribution in [2.75, 3.05) is 12.9 Å². The number of aryl methyl sites for hydroxylation is 1. The lowest BCUT2D eigenvalue weighted by Gasteiger charge is -2.18. The number of methoxy groups -OCH3 is 1. The molecule has 3 heteroatoms. The second-order valence-corrected chi connectivity index (χ2v) is 4.65. The molecule has 108 valence electrons. The average molecular weight is 290 g/mol. The highest BCUT2D eigenvalue weighted by Gasteiger charge is 2.12. The van der Waals surface area contributed by atoms with Crippen molar-refractivity contribution in [1.29, 1.82) is 0 Å². The monoisotopic (exact) mass is 290 g/mol. The molecule has 0 bridgehead atoms. The Kier molecular flexibility index (Phi) is 7.85. The number of hydrogen-bond acceptors (Lipinski definition) is 3. The number of rotatable bonds is 8. The summed E-state index contributed by atoms with van der Waals surface area (Å²) in [7, 11) is 1.63. The van der Waals surface area contributed by atoms with Gasteiger partial charge in [-0.15, -0.1) is 0 Å². The van der Waals surface area contributed by atoms with Gasteiger partial charge in [0.1, 0.15) is 5.75 Å². The van der Waals surface area contributed by atoms with Crippen LogP contribution >= 0.6 is 12.6 Å². The lowest BCUT2D eigenvalue weighted by molar-refractivity contribution is -0.0220. The molecule has 0 spiro atoms. The third-order valence-corrected chi connectivity index (χ3v) is 2.95. The summed E-state index contributed by atoms with van der Waals surface area (Å²) in [5.74, 6) is 1.62. The molecule has 0 aliphatic rings. The summed E-state index contributed by atoms with van der Waals surface area (Å²) in [4.78, 5) is 0. The topological polar surface area (TPSA) is 18.5 Å². The largest absolute Gasteiger partial charge is 0.461 e. The van der Waals surface area contributed by atoms with Gasteiger partial charge >= 0.3 is 0 Å². The Labute approximate surface area is 127 Å². The molecular weight excluding hydrogens is 268 g/mol. The second kappa shape index (κ2) is 9.45. The van der Waals surface area contributed by atoms with Gasteiger partial charge in [0.15, 0.2) is 0 Å². The van der Waals surface area contributed by atoms with Crippen molar-refractivity contribution < 1.29 is 9.47 Å². The Bertz CT molecular complexity index is 460. The summed E-state index contributed by atoms with van der Waals surface area (Å²) < 4.78 is 11.3. The molecule has 0 aliphatic carbocycles. The summed E-state index contributed by atoms with van der Waals surface area (Å²) >= 11 is 4.23. The van der Waals surface area contributed by atoms with Gasteiger partial charge in [-0.25, -0.2) is 0 Å². The van der Waals surface area contributed by atoms with Gasteiger partial charge < -0.3 is 9.47 Å². The normalized spacial score (nSPS) is 13.4. The van der Waals surface area contributed by atoms with Gasteiger partial charge in [-0.2, -0.15) is 12.6 Å². The van der Waals surface area contributed by atoms with E-state index in [2.05, 4.69) is 19.2 Å². The summed E-state index contributed by atoms with van der Waals surface area (Å²) in [5.41, 5.74) is 2.17. The molecule has 20 heavy (non-hydrogen) atoms. The van der Waals surface area contributed by atoms with Gasteiger partial charge in [0.2, 0.25) is 6.29 Å². The standard InChI is InChI=1S/C17H22O2S/c1-4-6-15(7-5-2)17(18-3)19-16-10-8-14(9-11-16)12-13-20/h4-11,17,20H,1,12-13H2,2-3H3/b7-5-,15-6+. The molecule has 1 unspecified atom stereocenters. The number of thiol groups is 1. The Balaban J connectivity index is 2.81. The molecule has 0 saturated heterocycles. The van der Waals surface area contributed by atoms with Crippen LogP contribution in [0.25, 0.3) is 0 Å². The molecule has 1 rings (SSSR count). The molecule has 1 aromatic rings. The highest BCUT2D eigenvalue weighted by molar-refractivity contribution is 7.80. The molecule has 0 aromatic heterocycles. The third-order valence-electron chi connectivity index (χ3n) is 2.72. The van der Waals surface area contributed by atoms with Crippen molar-refractivity contribution in [3.8, 4) is 5.75 Å². The molecule has 0 saturated carbocycles. The molecule has 0 fully saturated rings. The molecule has 0 radical (unpaired) electrons. The minimum absolute atomic E-state index is 0.445. The molecular formula is C17H22O2S. The first-order chi connectivity index (χ1) is 9.74. The van der Waals surface area contributed by atoms with Gasteiger partial charge in [0.25, 0.3) is 0 Å². The SMILES string of the molecule is C=C/C=C(\C=C/C)C(OC)Oc1ccc(CCS)cc1. The van der Waals surface area contributed by atoms with Gasteiger partial charge in [-0.05, 0) is 36.8 Å². The number of benzene rings is 1. The van der Waals surface area contributed by atoms with Crippen LogP contribution in [-0.2, 0) is 11.2 Å². The van der Waals surface area contributed by atoms with Crippen LogP contribution < -0.4 is 4.74 Å². The maximum absolute atomic E-state index is 5.86. The van der Waals surface area contributed by atoms with Crippen molar-refractivity contribution in [2.24, 2.45) is 0 Å². The Morgan fingerprint density at radius 1 is 1.35 bits per heavy atom. The minimum Gasteiger partial charge on any atom is -0.461 e. The van der Waals surface area contributed by atoms with Crippen LogP contribution in [0.15, 0.2) is 60.7 Å². The Morgan fingerprint density at radius 3 is 2.55 bits per heavy atom. The molecule has 2 nitrogen and oxygen atoms in total. The van der Waals surface area contributed by atoms with Crippen molar-refractivity contribution in [3.05, 3.63) is 66.3 Å². The molecule has 0 heterocycles. The average Bonchev–Trinajstić information content (AvgIpc) is 2.47. The molecule has 0 N–H and O–H groups in total. The minimum atomic E-state index is -0.445. The zero-order chi connectivity index (χ0) is 14.8. The van der Waals surface area contributed by atoms with Gasteiger partial charge in [-0.1, -0.05) is 43.0 Å². The van der Waals surface area contributed by atoms with Crippen molar-refractivity contribution >= 4 is 12.6 Å². The van der Waals surface area contributed by atoms with E-state index in [9.17, 15) is 0 Å². The fourth-order valence-corrected chi connectivity index (χ4v) is 2.04. The van der Waals surface area contributed by atoms with E-state index < -0.39 is 6.29 Å². The van der Waals surface area contributed by atoms with E-state index in [1.807, 2.05) is 49.4 Å². The van der Waals surface area contributed by atoms with Crippen molar-refractivity contribution in [2.45, 2.75) is 19.6 Å². The van der Waals surface area contributed by atoms with E-state index in [1.54, 1.807) is 13.2 Å². The number of allylic oxidation sites excluding steroid dienone is 3. The van der Waals surface area contributed by atoms with E-state index in [-0.39, 0.29) is 0 Å². The van der Waals surface area contributed by atoms with Crippen LogP contribution in [0.5, 0.6) is 5.75 Å². The van der Waals surface area contributed by atoms with E-state index in [4.69, 9.17) is 9.47 Å². The summed E-state index contributed by atoms with van der Waals surface area (Å²) in [6.45, 7) is 5.66. The molecule has 0 amide bonds. The summed E-state index contributed by atoms with van der Waals surface area (Å²) in [5, 5.41) is 0. The van der Waals surface area contributed by atoms with Crippen LogP contribution in [0.3, 0.4) is 0 Å². The summed E-state index contributed by atoms with van der Waals surface area (Å²) in [6, 6.07) is 7.99. The highest BCUT2D eigenvalue weighted by atomic mass is 32.1. The van der Waals surface area contributed by atoms with Crippen LogP contribution in [-0.4, -0.2) is 19.2 Å². The fourth-order valence-electron chi connectivity index (χ4n) is 1.78. The van der Waals surface area contributed by atoms with Crippen molar-refractivity contribution in [3.63, 3.8) is 0 Å². The zero-order valence-corrected chi connectivity index (χ0v) is 13.0. The van der Waals surface area contributed by atoms with Gasteiger partial charge in [-0.3, -0.25) is 0 Å². The Hall–Kier alpha value is -1.45. The quantitative estimate of drug-likeness (QED) is 0.439. The molecule has 0 aliphatic heterocycles. The smallest absolute Gasteiger partial charge is 0.226 e. The van der Waals surface area contributed by atoms with E-state index >= 15 is 0 Å². The first-order valence-corrected chi connectivity index (χ1v) is 7.23. The maximum atomic E-state index is 5.86. The Morgan fingerprint density at radius 2 is 2.05 bits per heavy atom. The summed E-state index contributed by atoms with van der Waals surface area (Å²) in [6.07, 6.45) is 8.01. The number of ether oxygens (including phenoxy) is 2. The van der Waals surface area contributed by atoms with Crippen molar-refractivity contribution in [1.82, 2.24) is 0 Å². The van der Waals surface area contributed by atoms with Crippen LogP contribution in [0, 0.1) is 0 Å². The first-order valence-electron chi connectivity index (χ1n) is 6.59. The predicted molar refractivity (Wildman–Crippen MR) is 88.5 cm³/mol. The maximum Gasteiger partial charge on any atom is 0.226 e. The lowest BCUT2D eigenvalue weighted by atomic mass is 10.1. The van der Waals surface area contributed by atoms with E-state index in [1.165, 1.54) is 5.56 Å². The predicted octanol–water partition coefficient (Wildman–Crippen LogP) is 4.20. The van der Waals surface area contributed by atoms with E-state index in [0.717, 1.165) is 23.5 Å². The van der Waals surface area contributed by atoms with Crippen LogP contribution in [0.4, 0.5) is 0 Å². The first kappa shape index (κ1) is 16.6. The lowest BCUT2D eigenvalue weighted by Crippen LogP contribution is -2.20. The van der Waals surface area contributed by atoms with Gasteiger partial charge in [0, 0.05) is 12.7 Å². The number of hydrogen-bond donors (Lipinski definition) is 1. The van der Waals surface area contributed by atoms with E-state index in [0.29, 0.717) is 0 Å².